The van der Waals surface area contributed by atoms with Gasteiger partial charge in [0.05, 0.1) is 36.6 Å². The molecule has 0 atom stereocenters. The van der Waals surface area contributed by atoms with Crippen LogP contribution in [0.15, 0.2) is 16.3 Å². The van der Waals surface area contributed by atoms with Crippen LogP contribution in [0.3, 0.4) is 0 Å². The number of sulfonamides is 1. The zero-order valence-electron chi connectivity index (χ0n) is 14.5. The summed E-state index contributed by atoms with van der Waals surface area (Å²) in [6.45, 7) is 5.43. The third kappa shape index (κ3) is 4.51. The van der Waals surface area contributed by atoms with E-state index in [0.717, 1.165) is 16.2 Å². The molecule has 1 aromatic heterocycles. The van der Waals surface area contributed by atoms with Gasteiger partial charge >= 0.3 is 0 Å². The number of thiophene rings is 1. The van der Waals surface area contributed by atoms with Gasteiger partial charge in [0, 0.05) is 7.05 Å². The Morgan fingerprint density at radius 3 is 2.52 bits per heavy atom. The van der Waals surface area contributed by atoms with E-state index >= 15 is 0 Å². The third-order valence-electron chi connectivity index (χ3n) is 4.46. The summed E-state index contributed by atoms with van der Waals surface area (Å²) in [5.74, 6) is -0.122. The molecule has 138 valence electrons. The maximum atomic E-state index is 12.6. The van der Waals surface area contributed by atoms with E-state index in [1.807, 2.05) is 0 Å². The van der Waals surface area contributed by atoms with Crippen molar-refractivity contribution in [3.63, 3.8) is 0 Å². The second kappa shape index (κ2) is 7.60. The number of likely N-dealkylation sites (N-methyl/N-ethyl adjacent to an activating group) is 1. The predicted octanol–water partition coefficient (Wildman–Crippen LogP) is 0.0513. The highest BCUT2D eigenvalue weighted by Crippen LogP contribution is 2.28. The van der Waals surface area contributed by atoms with Gasteiger partial charge in [0.2, 0.25) is 0 Å². The van der Waals surface area contributed by atoms with Crippen molar-refractivity contribution in [1.29, 1.82) is 5.26 Å². The second-order valence-electron chi connectivity index (χ2n) is 6.51. The fourth-order valence-electron chi connectivity index (χ4n) is 2.50. The van der Waals surface area contributed by atoms with E-state index < -0.39 is 15.6 Å². The molecule has 0 spiro atoms. The van der Waals surface area contributed by atoms with E-state index in [1.54, 1.807) is 27.0 Å². The Bertz CT molecular complexity index is 777. The van der Waals surface area contributed by atoms with Crippen LogP contribution in [0.1, 0.15) is 13.8 Å². The molecule has 1 fully saturated rings. The Balaban J connectivity index is 1.94. The van der Waals surface area contributed by atoms with Crippen molar-refractivity contribution in [1.82, 2.24) is 9.21 Å². The Labute approximate surface area is 157 Å². The van der Waals surface area contributed by atoms with E-state index in [4.69, 9.17) is 16.9 Å². The summed E-state index contributed by atoms with van der Waals surface area (Å²) >= 11 is 6.88. The highest BCUT2D eigenvalue weighted by Gasteiger charge is 2.34. The smallest absolute Gasteiger partial charge is 0.278 e. The molecule has 0 aliphatic carbocycles. The Kier molecular flexibility index (Phi) is 6.12. The summed E-state index contributed by atoms with van der Waals surface area (Å²) < 4.78 is 27.3. The van der Waals surface area contributed by atoms with E-state index in [9.17, 15) is 13.2 Å². The standard InChI is InChI=1S/C15H21ClN4O3S2/c1-15(2,11-17)18(3)13(21)10-19-6-8-20(9-7-19)25(22,23)14-5-4-12(16)24-14/h4-5H,6-10H2,1-3H3/p+1. The Hall–Kier alpha value is -1.18. The van der Waals surface area contributed by atoms with Crippen LogP contribution in [0.4, 0.5) is 0 Å². The van der Waals surface area contributed by atoms with Crippen molar-refractivity contribution in [2.24, 2.45) is 0 Å². The summed E-state index contributed by atoms with van der Waals surface area (Å²) in [6, 6.07) is 5.20. The summed E-state index contributed by atoms with van der Waals surface area (Å²) in [5, 5.41) is 9.12. The molecule has 1 amide bonds. The highest BCUT2D eigenvalue weighted by atomic mass is 35.5. The lowest BCUT2D eigenvalue weighted by Gasteiger charge is -2.33. The molecule has 1 N–H and O–H groups in total. The number of nitrogens with zero attached hydrogens (tertiary/aromatic N) is 3. The number of carbonyl (C=O) groups is 1. The molecular formula is C15H22ClN4O3S2+. The first-order valence-electron chi connectivity index (χ1n) is 7.85. The maximum Gasteiger partial charge on any atom is 0.278 e. The van der Waals surface area contributed by atoms with Gasteiger partial charge in [-0.15, -0.1) is 11.3 Å². The van der Waals surface area contributed by atoms with Crippen molar-refractivity contribution >= 4 is 38.9 Å². The van der Waals surface area contributed by atoms with Gasteiger partial charge in [0.1, 0.15) is 9.75 Å². The SMILES string of the molecule is CN(C(=O)C[NH+]1CCN(S(=O)(=O)c2ccc(Cl)s2)CC1)C(C)(C)C#N. The number of nitriles is 1. The summed E-state index contributed by atoms with van der Waals surface area (Å²) in [4.78, 5) is 14.8. The minimum Gasteiger partial charge on any atom is -0.325 e. The first-order valence-corrected chi connectivity index (χ1v) is 10.5. The summed E-state index contributed by atoms with van der Waals surface area (Å²) in [7, 11) is -1.90. The van der Waals surface area contributed by atoms with Gasteiger partial charge in [-0.05, 0) is 26.0 Å². The van der Waals surface area contributed by atoms with Crippen molar-refractivity contribution in [2.75, 3.05) is 39.8 Å². The molecule has 0 aromatic carbocycles. The fourth-order valence-corrected chi connectivity index (χ4v) is 5.58. The molecule has 2 rings (SSSR count). The number of halogens is 1. The van der Waals surface area contributed by atoms with Gasteiger partial charge in [0.25, 0.3) is 15.9 Å². The molecule has 0 radical (unpaired) electrons. The summed E-state index contributed by atoms with van der Waals surface area (Å²) in [6.07, 6.45) is 0. The fraction of sp³-hybridized carbons (Fsp3) is 0.600. The zero-order chi connectivity index (χ0) is 18.8. The van der Waals surface area contributed by atoms with Crippen LogP contribution < -0.4 is 4.90 Å². The number of amides is 1. The summed E-state index contributed by atoms with van der Waals surface area (Å²) in [5.41, 5.74) is -0.861. The number of rotatable bonds is 5. The van der Waals surface area contributed by atoms with Crippen LogP contribution in [0.2, 0.25) is 4.34 Å². The van der Waals surface area contributed by atoms with Gasteiger partial charge in [-0.25, -0.2) is 8.42 Å². The molecule has 0 bridgehead atoms. The monoisotopic (exact) mass is 405 g/mol. The zero-order valence-corrected chi connectivity index (χ0v) is 16.8. The number of hydrogen-bond acceptors (Lipinski definition) is 5. The van der Waals surface area contributed by atoms with E-state index in [2.05, 4.69) is 6.07 Å². The quantitative estimate of drug-likeness (QED) is 0.750. The van der Waals surface area contributed by atoms with Gasteiger partial charge in [-0.2, -0.15) is 9.57 Å². The Morgan fingerprint density at radius 2 is 2.04 bits per heavy atom. The normalized spacial score (nSPS) is 17.2. The van der Waals surface area contributed by atoms with Gasteiger partial charge in [-0.3, -0.25) is 4.79 Å². The number of hydrogen-bond donors (Lipinski definition) is 1. The van der Waals surface area contributed by atoms with Crippen molar-refractivity contribution in [3.05, 3.63) is 16.5 Å². The number of piperazine rings is 1. The average Bonchev–Trinajstić information content (AvgIpc) is 3.02. The topological polar surface area (TPSA) is 85.9 Å². The van der Waals surface area contributed by atoms with E-state index in [-0.39, 0.29) is 16.7 Å². The molecule has 7 nitrogen and oxygen atoms in total. The Morgan fingerprint density at radius 1 is 1.44 bits per heavy atom. The largest absolute Gasteiger partial charge is 0.325 e. The van der Waals surface area contributed by atoms with Crippen molar-refractivity contribution in [2.45, 2.75) is 23.6 Å². The predicted molar refractivity (Wildman–Crippen MR) is 96.1 cm³/mol. The number of quaternary nitrogens is 1. The van der Waals surface area contributed by atoms with Crippen molar-refractivity contribution < 1.29 is 18.1 Å². The van der Waals surface area contributed by atoms with E-state index in [0.29, 0.717) is 30.5 Å². The number of carbonyl (C=O) groups excluding carboxylic acids is 1. The molecule has 2 heterocycles. The van der Waals surface area contributed by atoms with Crippen LogP contribution in [-0.2, 0) is 14.8 Å². The molecule has 25 heavy (non-hydrogen) atoms. The van der Waals surface area contributed by atoms with Crippen LogP contribution in [0, 0.1) is 11.3 Å². The van der Waals surface area contributed by atoms with Gasteiger partial charge in [0.15, 0.2) is 6.54 Å². The molecule has 0 saturated carbocycles. The molecular weight excluding hydrogens is 384 g/mol. The minimum atomic E-state index is -3.52. The average molecular weight is 406 g/mol. The molecule has 1 aliphatic heterocycles. The number of nitrogens with one attached hydrogen (secondary N) is 1. The highest BCUT2D eigenvalue weighted by molar-refractivity contribution is 7.91. The van der Waals surface area contributed by atoms with Crippen LogP contribution >= 0.6 is 22.9 Å². The van der Waals surface area contributed by atoms with Crippen LogP contribution in [0.25, 0.3) is 0 Å². The minimum absolute atomic E-state index is 0.122. The lowest BCUT2D eigenvalue weighted by Crippen LogP contribution is -3.15. The lowest BCUT2D eigenvalue weighted by atomic mass is 10.1. The molecule has 1 aliphatic rings. The molecule has 1 saturated heterocycles. The van der Waals surface area contributed by atoms with E-state index in [1.165, 1.54) is 15.3 Å². The first kappa shape index (κ1) is 20.1. The first-order chi connectivity index (χ1) is 11.6. The lowest BCUT2D eigenvalue weighted by molar-refractivity contribution is -0.896. The van der Waals surface area contributed by atoms with Crippen molar-refractivity contribution in [3.8, 4) is 6.07 Å². The maximum absolute atomic E-state index is 12.6. The van der Waals surface area contributed by atoms with Gasteiger partial charge < -0.3 is 9.80 Å². The third-order valence-corrected chi connectivity index (χ3v) is 8.06. The van der Waals surface area contributed by atoms with Crippen LogP contribution in [-0.4, -0.2) is 68.8 Å². The molecule has 1 aromatic rings. The van der Waals surface area contributed by atoms with Gasteiger partial charge in [-0.1, -0.05) is 11.6 Å². The second-order valence-corrected chi connectivity index (χ2v) is 10.4. The molecule has 0 unspecified atom stereocenters. The van der Waals surface area contributed by atoms with Crippen LogP contribution in [0.5, 0.6) is 0 Å². The molecule has 10 heteroatoms.